The van der Waals surface area contributed by atoms with Crippen molar-refractivity contribution in [1.29, 1.82) is 0 Å². The fourth-order valence-corrected chi connectivity index (χ4v) is 2.03. The molecule has 1 saturated heterocycles. The van der Waals surface area contributed by atoms with E-state index in [9.17, 15) is 4.79 Å². The Balaban J connectivity index is 1.98. The van der Waals surface area contributed by atoms with Crippen LogP contribution in [0, 0.1) is 12.8 Å². The van der Waals surface area contributed by atoms with Gasteiger partial charge in [0, 0.05) is 19.8 Å². The van der Waals surface area contributed by atoms with Gasteiger partial charge in [0.1, 0.15) is 0 Å². The molecule has 5 nitrogen and oxygen atoms in total. The first-order valence-electron chi connectivity index (χ1n) is 5.68. The van der Waals surface area contributed by atoms with E-state index in [-0.39, 0.29) is 11.8 Å². The Bertz CT molecular complexity index is 379. The molecule has 1 aliphatic heterocycles. The van der Waals surface area contributed by atoms with Crippen LogP contribution < -0.4 is 10.6 Å². The number of carbonyl (C=O) groups excluding carboxylic acids is 1. The van der Waals surface area contributed by atoms with Crippen LogP contribution >= 0.6 is 0 Å². The second-order valence-corrected chi connectivity index (χ2v) is 4.33. The number of rotatable bonds is 2. The van der Waals surface area contributed by atoms with Crippen LogP contribution in [0.1, 0.15) is 18.5 Å². The molecule has 0 aromatic carbocycles. The highest BCUT2D eigenvalue weighted by molar-refractivity contribution is 5.93. The molecule has 1 amide bonds. The molecule has 0 radical (unpaired) electrons. The summed E-state index contributed by atoms with van der Waals surface area (Å²) in [5.74, 6) is 0.191. The Kier molecular flexibility index (Phi) is 3.24. The minimum absolute atomic E-state index is 0.0911. The van der Waals surface area contributed by atoms with Crippen LogP contribution in [0.15, 0.2) is 6.20 Å². The highest BCUT2D eigenvalue weighted by atomic mass is 16.1. The summed E-state index contributed by atoms with van der Waals surface area (Å²) in [4.78, 5) is 11.9. The summed E-state index contributed by atoms with van der Waals surface area (Å²) in [5, 5.41) is 10.4. The minimum Gasteiger partial charge on any atom is -0.323 e. The van der Waals surface area contributed by atoms with E-state index in [4.69, 9.17) is 0 Å². The van der Waals surface area contributed by atoms with Gasteiger partial charge in [0.05, 0.1) is 17.3 Å². The average Bonchev–Trinajstić information content (AvgIpc) is 2.59. The van der Waals surface area contributed by atoms with Crippen molar-refractivity contribution in [3.63, 3.8) is 0 Å². The number of piperidine rings is 1. The van der Waals surface area contributed by atoms with Crippen molar-refractivity contribution in [2.24, 2.45) is 13.0 Å². The summed E-state index contributed by atoms with van der Waals surface area (Å²) in [6.45, 7) is 3.70. The number of amides is 1. The van der Waals surface area contributed by atoms with E-state index in [0.717, 1.165) is 37.3 Å². The lowest BCUT2D eigenvalue weighted by Crippen LogP contribution is -2.37. The van der Waals surface area contributed by atoms with Crippen molar-refractivity contribution in [1.82, 2.24) is 15.1 Å². The second-order valence-electron chi connectivity index (χ2n) is 4.33. The van der Waals surface area contributed by atoms with Crippen LogP contribution in [0.2, 0.25) is 0 Å². The molecule has 88 valence electrons. The van der Waals surface area contributed by atoms with E-state index in [2.05, 4.69) is 15.7 Å². The zero-order valence-electron chi connectivity index (χ0n) is 9.79. The third-order valence-corrected chi connectivity index (χ3v) is 2.94. The summed E-state index contributed by atoms with van der Waals surface area (Å²) in [5.41, 5.74) is 1.68. The highest BCUT2D eigenvalue weighted by Gasteiger charge is 2.21. The van der Waals surface area contributed by atoms with E-state index >= 15 is 0 Å². The quantitative estimate of drug-likeness (QED) is 0.773. The number of anilines is 1. The molecule has 5 heteroatoms. The first-order valence-corrected chi connectivity index (χ1v) is 5.68. The largest absolute Gasteiger partial charge is 0.323 e. The molecule has 2 N–H and O–H groups in total. The molecular weight excluding hydrogens is 204 g/mol. The first kappa shape index (κ1) is 11.1. The van der Waals surface area contributed by atoms with Gasteiger partial charge in [-0.2, -0.15) is 5.10 Å². The molecule has 0 aliphatic carbocycles. The number of hydrogen-bond acceptors (Lipinski definition) is 3. The fraction of sp³-hybridized carbons (Fsp3) is 0.636. The predicted octanol–water partition coefficient (Wildman–Crippen LogP) is 0.667. The summed E-state index contributed by atoms with van der Waals surface area (Å²) in [6.07, 6.45) is 3.88. The van der Waals surface area contributed by atoms with Gasteiger partial charge in [-0.05, 0) is 26.3 Å². The topological polar surface area (TPSA) is 59.0 Å². The molecule has 1 aliphatic rings. The maximum Gasteiger partial charge on any atom is 0.228 e. The smallest absolute Gasteiger partial charge is 0.228 e. The van der Waals surface area contributed by atoms with Crippen molar-refractivity contribution >= 4 is 11.6 Å². The summed E-state index contributed by atoms with van der Waals surface area (Å²) in [6, 6.07) is 0. The van der Waals surface area contributed by atoms with Crippen molar-refractivity contribution < 1.29 is 4.79 Å². The molecule has 16 heavy (non-hydrogen) atoms. The number of carbonyl (C=O) groups is 1. The second kappa shape index (κ2) is 4.65. The molecule has 1 fully saturated rings. The molecule has 1 atom stereocenters. The van der Waals surface area contributed by atoms with Gasteiger partial charge in [-0.1, -0.05) is 0 Å². The molecule has 2 rings (SSSR count). The fourth-order valence-electron chi connectivity index (χ4n) is 2.03. The Morgan fingerprint density at radius 2 is 2.50 bits per heavy atom. The van der Waals surface area contributed by atoms with Crippen molar-refractivity contribution in [2.45, 2.75) is 19.8 Å². The van der Waals surface area contributed by atoms with E-state index < -0.39 is 0 Å². The lowest BCUT2D eigenvalue weighted by Gasteiger charge is -2.21. The Labute approximate surface area is 95.2 Å². The van der Waals surface area contributed by atoms with Crippen LogP contribution in [0.25, 0.3) is 0 Å². The van der Waals surface area contributed by atoms with Crippen LogP contribution in [0.4, 0.5) is 5.69 Å². The van der Waals surface area contributed by atoms with E-state index in [1.165, 1.54) is 0 Å². The van der Waals surface area contributed by atoms with Gasteiger partial charge in [-0.25, -0.2) is 0 Å². The zero-order chi connectivity index (χ0) is 11.5. The summed E-state index contributed by atoms with van der Waals surface area (Å²) in [7, 11) is 1.85. The molecule has 0 unspecified atom stereocenters. The van der Waals surface area contributed by atoms with Crippen LogP contribution in [0.5, 0.6) is 0 Å². The van der Waals surface area contributed by atoms with Gasteiger partial charge in [-0.3, -0.25) is 9.48 Å². The van der Waals surface area contributed by atoms with Crippen molar-refractivity contribution in [3.05, 3.63) is 11.9 Å². The maximum absolute atomic E-state index is 11.9. The molecule has 2 heterocycles. The molecule has 0 spiro atoms. The molecule has 1 aromatic rings. The Morgan fingerprint density at radius 3 is 3.06 bits per heavy atom. The summed E-state index contributed by atoms with van der Waals surface area (Å²) >= 11 is 0. The van der Waals surface area contributed by atoms with Gasteiger partial charge in [0.2, 0.25) is 5.91 Å². The molecule has 0 bridgehead atoms. The van der Waals surface area contributed by atoms with Crippen LogP contribution in [0.3, 0.4) is 0 Å². The van der Waals surface area contributed by atoms with Gasteiger partial charge < -0.3 is 10.6 Å². The number of aryl methyl sites for hydroxylation is 2. The number of nitrogens with zero attached hydrogens (tertiary/aromatic N) is 2. The van der Waals surface area contributed by atoms with E-state index in [0.29, 0.717) is 0 Å². The lowest BCUT2D eigenvalue weighted by molar-refractivity contribution is -0.120. The van der Waals surface area contributed by atoms with Crippen molar-refractivity contribution in [3.8, 4) is 0 Å². The van der Waals surface area contributed by atoms with Crippen LogP contribution in [-0.2, 0) is 11.8 Å². The number of nitrogens with one attached hydrogen (secondary N) is 2. The van der Waals surface area contributed by atoms with Gasteiger partial charge >= 0.3 is 0 Å². The molecule has 1 aromatic heterocycles. The predicted molar refractivity (Wildman–Crippen MR) is 62.2 cm³/mol. The van der Waals surface area contributed by atoms with Gasteiger partial charge in [0.25, 0.3) is 0 Å². The van der Waals surface area contributed by atoms with E-state index in [1.54, 1.807) is 4.68 Å². The highest BCUT2D eigenvalue weighted by Crippen LogP contribution is 2.16. The molecular formula is C11H18N4O. The molecule has 0 saturated carbocycles. The van der Waals surface area contributed by atoms with E-state index in [1.807, 2.05) is 20.2 Å². The monoisotopic (exact) mass is 222 g/mol. The number of aromatic nitrogens is 2. The lowest BCUT2D eigenvalue weighted by atomic mass is 9.99. The van der Waals surface area contributed by atoms with Crippen LogP contribution in [-0.4, -0.2) is 28.8 Å². The average molecular weight is 222 g/mol. The van der Waals surface area contributed by atoms with Gasteiger partial charge in [0.15, 0.2) is 0 Å². The third kappa shape index (κ3) is 2.41. The maximum atomic E-state index is 11.9. The minimum atomic E-state index is 0.0911. The number of hydrogen-bond donors (Lipinski definition) is 2. The Morgan fingerprint density at radius 1 is 1.69 bits per heavy atom. The zero-order valence-corrected chi connectivity index (χ0v) is 9.79. The Hall–Kier alpha value is -1.36. The SMILES string of the molecule is Cc1nn(C)cc1NC(=O)[C@@H]1CCCNC1. The normalized spacial score (nSPS) is 20.8. The van der Waals surface area contributed by atoms with Crippen molar-refractivity contribution in [2.75, 3.05) is 18.4 Å². The standard InChI is InChI=1S/C11H18N4O/c1-8-10(7-15(2)14-8)13-11(16)9-4-3-5-12-6-9/h7,9,12H,3-6H2,1-2H3,(H,13,16)/t9-/m1/s1. The summed E-state index contributed by atoms with van der Waals surface area (Å²) < 4.78 is 1.71. The van der Waals surface area contributed by atoms with Gasteiger partial charge in [-0.15, -0.1) is 0 Å². The first-order chi connectivity index (χ1) is 7.66. The third-order valence-electron chi connectivity index (χ3n) is 2.94.